The van der Waals surface area contributed by atoms with Gasteiger partial charge in [0.05, 0.1) is 12.1 Å². The van der Waals surface area contributed by atoms with Crippen LogP contribution in [0, 0.1) is 5.82 Å². The van der Waals surface area contributed by atoms with Gasteiger partial charge in [-0.25, -0.2) is 4.39 Å². The first-order valence-electron chi connectivity index (χ1n) is 5.85. The van der Waals surface area contributed by atoms with Crippen molar-refractivity contribution in [2.45, 2.75) is 31.4 Å². The van der Waals surface area contributed by atoms with Gasteiger partial charge in [-0.2, -0.15) is 0 Å². The Bertz CT molecular complexity index is 336. The lowest BCUT2D eigenvalue weighted by molar-refractivity contribution is -0.00666. The summed E-state index contributed by atoms with van der Waals surface area (Å²) in [6.07, 6.45) is 3.54. The summed E-state index contributed by atoms with van der Waals surface area (Å²) in [6, 6.07) is 6.84. The first kappa shape index (κ1) is 11.6. The van der Waals surface area contributed by atoms with Crippen LogP contribution < -0.4 is 5.32 Å². The number of ether oxygens (including phenoxy) is 1. The van der Waals surface area contributed by atoms with E-state index in [1.807, 2.05) is 13.1 Å². The van der Waals surface area contributed by atoms with Gasteiger partial charge in [-0.15, -0.1) is 0 Å². The second kappa shape index (κ2) is 5.41. The summed E-state index contributed by atoms with van der Waals surface area (Å²) in [5.41, 5.74) is 0.967. The highest BCUT2D eigenvalue weighted by atomic mass is 19.1. The fourth-order valence-corrected chi connectivity index (χ4v) is 2.30. The highest BCUT2D eigenvalue weighted by molar-refractivity contribution is 5.21. The van der Waals surface area contributed by atoms with Crippen molar-refractivity contribution in [2.24, 2.45) is 0 Å². The number of rotatable bonds is 3. The first-order valence-corrected chi connectivity index (χ1v) is 5.85. The summed E-state index contributed by atoms with van der Waals surface area (Å²) < 4.78 is 18.9. The SMILES string of the molecule is CNC(c1cccc(F)c1)C1CCCCO1. The van der Waals surface area contributed by atoms with Gasteiger partial charge in [0.2, 0.25) is 0 Å². The van der Waals surface area contributed by atoms with Crippen LogP contribution in [0.5, 0.6) is 0 Å². The third kappa shape index (κ3) is 2.60. The zero-order valence-corrected chi connectivity index (χ0v) is 9.58. The van der Waals surface area contributed by atoms with E-state index in [1.54, 1.807) is 12.1 Å². The molecule has 2 atom stereocenters. The molecule has 16 heavy (non-hydrogen) atoms. The molecule has 0 radical (unpaired) electrons. The van der Waals surface area contributed by atoms with E-state index in [-0.39, 0.29) is 18.0 Å². The Morgan fingerprint density at radius 1 is 1.44 bits per heavy atom. The van der Waals surface area contributed by atoms with Gasteiger partial charge in [-0.1, -0.05) is 12.1 Å². The summed E-state index contributed by atoms with van der Waals surface area (Å²) in [7, 11) is 1.90. The lowest BCUT2D eigenvalue weighted by Crippen LogP contribution is -2.34. The Kier molecular flexibility index (Phi) is 3.91. The molecule has 1 aliphatic heterocycles. The Balaban J connectivity index is 2.14. The molecule has 2 nitrogen and oxygen atoms in total. The first-order chi connectivity index (χ1) is 7.81. The quantitative estimate of drug-likeness (QED) is 0.850. The number of nitrogens with one attached hydrogen (secondary N) is 1. The number of halogens is 1. The fraction of sp³-hybridized carbons (Fsp3) is 0.538. The molecule has 88 valence electrons. The molecular formula is C13H18FNO. The maximum atomic E-state index is 13.2. The third-order valence-corrected chi connectivity index (χ3v) is 3.11. The van der Waals surface area contributed by atoms with Crippen molar-refractivity contribution >= 4 is 0 Å². The van der Waals surface area contributed by atoms with Crippen LogP contribution in [-0.2, 0) is 4.74 Å². The zero-order chi connectivity index (χ0) is 11.4. The van der Waals surface area contributed by atoms with Crippen LogP contribution in [0.2, 0.25) is 0 Å². The van der Waals surface area contributed by atoms with Crippen molar-refractivity contribution in [3.63, 3.8) is 0 Å². The lowest BCUT2D eigenvalue weighted by atomic mass is 9.96. The van der Waals surface area contributed by atoms with Crippen molar-refractivity contribution < 1.29 is 9.13 Å². The zero-order valence-electron chi connectivity index (χ0n) is 9.58. The number of hydrogen-bond donors (Lipinski definition) is 1. The maximum Gasteiger partial charge on any atom is 0.123 e. The van der Waals surface area contributed by atoms with Crippen LogP contribution in [0.1, 0.15) is 30.9 Å². The van der Waals surface area contributed by atoms with Gasteiger partial charge in [0.1, 0.15) is 5.82 Å². The van der Waals surface area contributed by atoms with Crippen LogP contribution in [0.25, 0.3) is 0 Å². The second-order valence-corrected chi connectivity index (χ2v) is 4.23. The van der Waals surface area contributed by atoms with Crippen molar-refractivity contribution in [1.82, 2.24) is 5.32 Å². The molecule has 1 fully saturated rings. The molecule has 1 saturated heterocycles. The average molecular weight is 223 g/mol. The van der Waals surface area contributed by atoms with E-state index in [1.165, 1.54) is 12.5 Å². The molecule has 1 aromatic rings. The van der Waals surface area contributed by atoms with Gasteiger partial charge in [0.15, 0.2) is 0 Å². The Morgan fingerprint density at radius 2 is 2.31 bits per heavy atom. The second-order valence-electron chi connectivity index (χ2n) is 4.23. The van der Waals surface area contributed by atoms with Crippen LogP contribution in [0.4, 0.5) is 4.39 Å². The van der Waals surface area contributed by atoms with Crippen LogP contribution in [0.3, 0.4) is 0 Å². The molecule has 0 spiro atoms. The molecule has 0 amide bonds. The van der Waals surface area contributed by atoms with Gasteiger partial charge in [0.25, 0.3) is 0 Å². The molecule has 1 aliphatic rings. The van der Waals surface area contributed by atoms with Crippen molar-refractivity contribution in [1.29, 1.82) is 0 Å². The summed E-state index contributed by atoms with van der Waals surface area (Å²) >= 11 is 0. The molecular weight excluding hydrogens is 205 g/mol. The third-order valence-electron chi connectivity index (χ3n) is 3.11. The molecule has 0 bridgehead atoms. The molecule has 0 aromatic heterocycles. The highest BCUT2D eigenvalue weighted by Crippen LogP contribution is 2.26. The summed E-state index contributed by atoms with van der Waals surface area (Å²) in [5, 5.41) is 3.22. The minimum absolute atomic E-state index is 0.0935. The highest BCUT2D eigenvalue weighted by Gasteiger charge is 2.24. The van der Waals surface area contributed by atoms with Gasteiger partial charge in [0, 0.05) is 6.61 Å². The number of benzene rings is 1. The molecule has 3 heteroatoms. The van der Waals surface area contributed by atoms with E-state index in [9.17, 15) is 4.39 Å². The van der Waals surface area contributed by atoms with E-state index < -0.39 is 0 Å². The van der Waals surface area contributed by atoms with Gasteiger partial charge in [-0.05, 0) is 44.0 Å². The standard InChI is InChI=1S/C13H18FNO/c1-15-13(12-7-2-3-8-16-12)10-5-4-6-11(14)9-10/h4-6,9,12-13,15H,2-3,7-8H2,1H3. The monoisotopic (exact) mass is 223 g/mol. The average Bonchev–Trinajstić information content (AvgIpc) is 2.31. The predicted molar refractivity (Wildman–Crippen MR) is 61.8 cm³/mol. The van der Waals surface area contributed by atoms with Crippen molar-refractivity contribution in [3.8, 4) is 0 Å². The summed E-state index contributed by atoms with van der Waals surface area (Å²) in [5.74, 6) is -0.187. The van der Waals surface area contributed by atoms with Crippen LogP contribution >= 0.6 is 0 Å². The van der Waals surface area contributed by atoms with Crippen LogP contribution in [-0.4, -0.2) is 19.8 Å². The van der Waals surface area contributed by atoms with Crippen LogP contribution in [0.15, 0.2) is 24.3 Å². The van der Waals surface area contributed by atoms with E-state index >= 15 is 0 Å². The Morgan fingerprint density at radius 3 is 2.94 bits per heavy atom. The molecule has 1 N–H and O–H groups in total. The predicted octanol–water partition coefficient (Wildman–Crippen LogP) is 2.66. The Hall–Kier alpha value is -0.930. The van der Waals surface area contributed by atoms with E-state index in [0.717, 1.165) is 25.0 Å². The topological polar surface area (TPSA) is 21.3 Å². The molecule has 2 unspecified atom stereocenters. The number of likely N-dealkylation sites (N-methyl/N-ethyl adjacent to an activating group) is 1. The smallest absolute Gasteiger partial charge is 0.123 e. The Labute approximate surface area is 95.8 Å². The van der Waals surface area contributed by atoms with Crippen molar-refractivity contribution in [3.05, 3.63) is 35.6 Å². The molecule has 1 aromatic carbocycles. The molecule has 0 aliphatic carbocycles. The minimum Gasteiger partial charge on any atom is -0.376 e. The number of hydrogen-bond acceptors (Lipinski definition) is 2. The van der Waals surface area contributed by atoms with Gasteiger partial charge < -0.3 is 10.1 Å². The normalized spacial score (nSPS) is 23.0. The summed E-state index contributed by atoms with van der Waals surface area (Å²) in [4.78, 5) is 0. The summed E-state index contributed by atoms with van der Waals surface area (Å²) in [6.45, 7) is 0.818. The largest absolute Gasteiger partial charge is 0.376 e. The van der Waals surface area contributed by atoms with E-state index in [4.69, 9.17) is 4.74 Å². The van der Waals surface area contributed by atoms with Gasteiger partial charge >= 0.3 is 0 Å². The molecule has 1 heterocycles. The minimum atomic E-state index is -0.187. The fourth-order valence-electron chi connectivity index (χ4n) is 2.30. The molecule has 0 saturated carbocycles. The lowest BCUT2D eigenvalue weighted by Gasteiger charge is -2.30. The van der Waals surface area contributed by atoms with Gasteiger partial charge in [-0.3, -0.25) is 0 Å². The van der Waals surface area contributed by atoms with E-state index in [0.29, 0.717) is 0 Å². The van der Waals surface area contributed by atoms with Crippen molar-refractivity contribution in [2.75, 3.05) is 13.7 Å². The maximum absolute atomic E-state index is 13.2. The van der Waals surface area contributed by atoms with E-state index in [2.05, 4.69) is 5.32 Å². The molecule has 2 rings (SSSR count).